The predicted molar refractivity (Wildman–Crippen MR) is 137 cm³/mol. The molecule has 2 atom stereocenters. The second kappa shape index (κ2) is 9.49. The lowest BCUT2D eigenvalue weighted by Crippen LogP contribution is -2.58. The highest BCUT2D eigenvalue weighted by Crippen LogP contribution is 2.63. The Labute approximate surface area is 220 Å². The van der Waals surface area contributed by atoms with E-state index in [2.05, 4.69) is 5.32 Å². The third-order valence-corrected chi connectivity index (χ3v) is 9.30. The van der Waals surface area contributed by atoms with E-state index in [4.69, 9.17) is 25.8 Å². The lowest BCUT2D eigenvalue weighted by atomic mass is 9.49. The number of benzene rings is 1. The molecule has 1 aromatic rings. The van der Waals surface area contributed by atoms with Crippen LogP contribution in [0.5, 0.6) is 17.2 Å². The van der Waals surface area contributed by atoms with Crippen molar-refractivity contribution in [2.45, 2.75) is 43.4 Å². The van der Waals surface area contributed by atoms with Crippen LogP contribution in [0.15, 0.2) is 17.0 Å². The topological polar surface area (TPSA) is 94.2 Å². The van der Waals surface area contributed by atoms with Gasteiger partial charge in [0.15, 0.2) is 11.5 Å². The van der Waals surface area contributed by atoms with Crippen LogP contribution in [0.3, 0.4) is 0 Å². The molecule has 0 radical (unpaired) electrons. The van der Waals surface area contributed by atoms with E-state index in [1.807, 2.05) is 0 Å². The smallest absolute Gasteiger partial charge is 0.293 e. The van der Waals surface area contributed by atoms with Crippen LogP contribution in [0.1, 0.15) is 44.1 Å². The van der Waals surface area contributed by atoms with Gasteiger partial charge in [0.1, 0.15) is 0 Å². The molecule has 1 N–H and O–H groups in total. The summed E-state index contributed by atoms with van der Waals surface area (Å²) < 4.78 is 16.1. The third-order valence-electron chi connectivity index (χ3n) is 7.95. The Morgan fingerprint density at radius 2 is 1.75 bits per heavy atom. The molecule has 3 amide bonds. The van der Waals surface area contributed by atoms with Crippen LogP contribution in [0, 0.1) is 17.3 Å². The van der Waals surface area contributed by atoms with E-state index in [9.17, 15) is 14.4 Å². The number of imide groups is 1. The number of nitrogens with one attached hydrogen (secondary N) is 1. The maximum Gasteiger partial charge on any atom is 0.293 e. The Hall–Kier alpha value is -2.39. The molecule has 0 spiro atoms. The molecule has 5 aliphatic rings. The van der Waals surface area contributed by atoms with E-state index in [0.29, 0.717) is 39.6 Å². The van der Waals surface area contributed by atoms with Crippen molar-refractivity contribution in [3.05, 3.63) is 22.6 Å². The molecule has 4 aliphatic carbocycles. The quantitative estimate of drug-likeness (QED) is 0.389. The van der Waals surface area contributed by atoms with Crippen LogP contribution in [0.25, 0.3) is 6.08 Å². The van der Waals surface area contributed by atoms with Gasteiger partial charge in [-0.15, -0.1) is 11.6 Å². The van der Waals surface area contributed by atoms with Crippen LogP contribution < -0.4 is 19.5 Å². The molecule has 6 rings (SSSR count). The zero-order chi connectivity index (χ0) is 25.7. The molecule has 4 bridgehead atoms. The molecule has 10 heteroatoms. The Balaban J connectivity index is 1.23. The molecule has 0 aromatic heterocycles. The number of thioether (sulfide) groups is 1. The normalized spacial score (nSPS) is 31.8. The average Bonchev–Trinajstić information content (AvgIpc) is 3.08. The van der Waals surface area contributed by atoms with Crippen molar-refractivity contribution in [1.82, 2.24) is 10.2 Å². The van der Waals surface area contributed by atoms with Crippen molar-refractivity contribution in [1.29, 1.82) is 0 Å². The average molecular weight is 535 g/mol. The number of carbonyl (C=O) groups excluding carboxylic acids is 3. The Morgan fingerprint density at radius 1 is 1.11 bits per heavy atom. The number of rotatable bonds is 8. The molecule has 1 heterocycles. The number of nitrogens with zero attached hydrogens (tertiary/aromatic N) is 1. The van der Waals surface area contributed by atoms with Crippen LogP contribution in [0.2, 0.25) is 0 Å². The maximum absolute atomic E-state index is 13.2. The van der Waals surface area contributed by atoms with Gasteiger partial charge < -0.3 is 19.5 Å². The second-order valence-electron chi connectivity index (χ2n) is 10.4. The van der Waals surface area contributed by atoms with Gasteiger partial charge >= 0.3 is 0 Å². The number of ether oxygens (including phenoxy) is 3. The third kappa shape index (κ3) is 4.45. The number of halogens is 1. The lowest BCUT2D eigenvalue weighted by molar-refractivity contribution is -0.144. The maximum atomic E-state index is 13.2. The van der Waals surface area contributed by atoms with Crippen LogP contribution in [-0.4, -0.2) is 61.2 Å². The number of hydrogen-bond donors (Lipinski definition) is 1. The van der Waals surface area contributed by atoms with Crippen LogP contribution >= 0.6 is 23.4 Å². The molecular weight excluding hydrogens is 504 g/mol. The van der Waals surface area contributed by atoms with Gasteiger partial charge in [-0.2, -0.15) is 0 Å². The second-order valence-corrected chi connectivity index (χ2v) is 12.2. The van der Waals surface area contributed by atoms with Crippen molar-refractivity contribution < 1.29 is 28.6 Å². The molecule has 4 saturated carbocycles. The summed E-state index contributed by atoms with van der Waals surface area (Å²) in [6, 6.07) is 3.43. The van der Waals surface area contributed by atoms with E-state index in [-0.39, 0.29) is 35.0 Å². The summed E-state index contributed by atoms with van der Waals surface area (Å²) in [6.45, 7) is 0.346. The summed E-state index contributed by atoms with van der Waals surface area (Å²) in [7, 11) is 4.54. The predicted octanol–water partition coefficient (Wildman–Crippen LogP) is 4.44. The fraction of sp³-hybridized carbons (Fsp3) is 0.577. The Morgan fingerprint density at radius 3 is 2.31 bits per heavy atom. The molecular formula is C26H31ClN2O6S. The van der Waals surface area contributed by atoms with Crippen LogP contribution in [0.4, 0.5) is 4.79 Å². The first-order chi connectivity index (χ1) is 17.2. The fourth-order valence-corrected chi connectivity index (χ4v) is 8.47. The number of methoxy groups -OCH3 is 3. The molecule has 5 fully saturated rings. The number of hydrogen-bond acceptors (Lipinski definition) is 7. The minimum absolute atomic E-state index is 0.0153. The van der Waals surface area contributed by atoms with Gasteiger partial charge in [-0.25, -0.2) is 0 Å². The summed E-state index contributed by atoms with van der Waals surface area (Å²) in [5.41, 5.74) is 0.233. The minimum atomic E-state index is -0.406. The molecule has 1 aliphatic heterocycles. The fourth-order valence-electron chi connectivity index (χ4n) is 6.91. The number of carbonyl (C=O) groups is 3. The van der Waals surface area contributed by atoms with E-state index in [1.54, 1.807) is 18.2 Å². The zero-order valence-corrected chi connectivity index (χ0v) is 22.3. The summed E-state index contributed by atoms with van der Waals surface area (Å²) in [4.78, 5) is 40.1. The van der Waals surface area contributed by atoms with Crippen LogP contribution in [-0.2, 0) is 9.59 Å². The van der Waals surface area contributed by atoms with Gasteiger partial charge in [0.2, 0.25) is 11.7 Å². The summed E-state index contributed by atoms with van der Waals surface area (Å²) >= 11 is 7.74. The highest BCUT2D eigenvalue weighted by molar-refractivity contribution is 8.18. The van der Waals surface area contributed by atoms with E-state index in [0.717, 1.165) is 43.9 Å². The highest BCUT2D eigenvalue weighted by Gasteiger charge is 2.60. The van der Waals surface area contributed by atoms with Crippen molar-refractivity contribution in [3.8, 4) is 17.2 Å². The van der Waals surface area contributed by atoms with Crippen molar-refractivity contribution in [3.63, 3.8) is 0 Å². The Bertz CT molecular complexity index is 1100. The van der Waals surface area contributed by atoms with Gasteiger partial charge in [-0.05, 0) is 85.9 Å². The standard InChI is InChI=1S/C26H31ClN2O6S/c1-33-18-7-15(8-19(34-2)21(18)35-3)9-20-22(30)29(24(32)36-20)5-4-28-23(31)25-10-16-6-17(11-25)13-26(27,12-16)14-25/h7-9,16-17H,4-6,10-14H2,1-3H3,(H,28,31)/b20-9+/t16-,17-,25?,26?/m1/s1. The largest absolute Gasteiger partial charge is 0.493 e. The van der Waals surface area contributed by atoms with Crippen molar-refractivity contribution in [2.24, 2.45) is 17.3 Å². The van der Waals surface area contributed by atoms with Crippen molar-refractivity contribution in [2.75, 3.05) is 34.4 Å². The number of alkyl halides is 1. The molecule has 1 aromatic carbocycles. The SMILES string of the molecule is COc1cc(/C=C2/SC(=O)N(CCNC(=O)C34C[C@H]5C[C@@H](CC(Cl)(C5)C3)C4)C2=O)cc(OC)c1OC. The summed E-state index contributed by atoms with van der Waals surface area (Å²) in [5.74, 6) is 2.03. The first kappa shape index (κ1) is 25.3. The zero-order valence-electron chi connectivity index (χ0n) is 20.7. The van der Waals surface area contributed by atoms with E-state index < -0.39 is 5.41 Å². The lowest BCUT2D eigenvalue weighted by Gasteiger charge is -2.59. The minimum Gasteiger partial charge on any atom is -0.493 e. The summed E-state index contributed by atoms with van der Waals surface area (Å²) in [6.07, 6.45) is 7.33. The molecule has 1 saturated heterocycles. The van der Waals surface area contributed by atoms with E-state index in [1.165, 1.54) is 32.7 Å². The van der Waals surface area contributed by atoms with Gasteiger partial charge in [0.25, 0.3) is 11.1 Å². The van der Waals surface area contributed by atoms with Gasteiger partial charge in [-0.3, -0.25) is 19.3 Å². The molecule has 0 unspecified atom stereocenters. The molecule has 36 heavy (non-hydrogen) atoms. The summed E-state index contributed by atoms with van der Waals surface area (Å²) in [5, 5.41) is 2.65. The molecule has 8 nitrogen and oxygen atoms in total. The highest BCUT2D eigenvalue weighted by atomic mass is 35.5. The van der Waals surface area contributed by atoms with Gasteiger partial charge in [-0.1, -0.05) is 0 Å². The van der Waals surface area contributed by atoms with E-state index >= 15 is 0 Å². The molecule has 194 valence electrons. The van der Waals surface area contributed by atoms with Gasteiger partial charge in [0, 0.05) is 18.0 Å². The van der Waals surface area contributed by atoms with Crippen molar-refractivity contribution >= 4 is 46.5 Å². The number of amides is 3. The first-order valence-corrected chi connectivity index (χ1v) is 13.4. The Kier molecular flexibility index (Phi) is 6.66. The van der Waals surface area contributed by atoms with Gasteiger partial charge in [0.05, 0.1) is 31.6 Å². The monoisotopic (exact) mass is 534 g/mol. The first-order valence-electron chi connectivity index (χ1n) is 12.2.